The first-order valence-electron chi connectivity index (χ1n) is 13.2. The number of hydrogen-bond acceptors (Lipinski definition) is 2. The summed E-state index contributed by atoms with van der Waals surface area (Å²) in [6.07, 6.45) is 12.7. The zero-order chi connectivity index (χ0) is 23.5. The Morgan fingerprint density at radius 3 is 2.47 bits per heavy atom. The molecule has 0 bridgehead atoms. The van der Waals surface area contributed by atoms with E-state index < -0.39 is 17.5 Å². The van der Waals surface area contributed by atoms with E-state index in [0.29, 0.717) is 17.8 Å². The molecule has 2 fully saturated rings. The molecule has 1 unspecified atom stereocenters. The first kappa shape index (κ1) is 24.0. The molecule has 0 radical (unpaired) electrons. The molecule has 0 aromatic heterocycles. The molecule has 3 nitrogen and oxygen atoms in total. The van der Waals surface area contributed by atoms with Gasteiger partial charge in [0.05, 0.1) is 11.5 Å². The summed E-state index contributed by atoms with van der Waals surface area (Å²) in [6, 6.07) is 0. The minimum absolute atomic E-state index is 0.0413. The molecular weight excluding hydrogens is 396 g/mol. The van der Waals surface area contributed by atoms with E-state index >= 15 is 0 Å². The Morgan fingerprint density at radius 1 is 1.09 bits per heavy atom. The number of carbonyl (C=O) groups is 1. The molecule has 0 heterocycles. The molecule has 8 atom stereocenters. The number of carboxylic acids is 1. The summed E-state index contributed by atoms with van der Waals surface area (Å²) in [5.41, 5.74) is 4.06. The Bertz CT molecular complexity index is 820. The van der Waals surface area contributed by atoms with Crippen LogP contribution in [0.3, 0.4) is 0 Å². The summed E-state index contributed by atoms with van der Waals surface area (Å²) in [5.74, 6) is 1.48. The van der Waals surface area contributed by atoms with Gasteiger partial charge < -0.3 is 10.2 Å². The average Bonchev–Trinajstić information content (AvgIpc) is 3.08. The maximum absolute atomic E-state index is 12.3. The van der Waals surface area contributed by atoms with Crippen LogP contribution in [-0.2, 0) is 4.79 Å². The van der Waals surface area contributed by atoms with E-state index in [1.54, 1.807) is 11.1 Å². The van der Waals surface area contributed by atoms with Gasteiger partial charge in [-0.1, -0.05) is 43.6 Å². The lowest BCUT2D eigenvalue weighted by molar-refractivity contribution is -0.175. The highest BCUT2D eigenvalue weighted by Crippen LogP contribution is 2.68. The zero-order valence-electron chi connectivity index (χ0n) is 21.3. The lowest BCUT2D eigenvalue weighted by Crippen LogP contribution is -2.58. The Morgan fingerprint density at radius 2 is 1.81 bits per heavy atom. The zero-order valence-corrected chi connectivity index (χ0v) is 21.3. The van der Waals surface area contributed by atoms with Crippen LogP contribution in [0, 0.1) is 39.9 Å². The van der Waals surface area contributed by atoms with Gasteiger partial charge in [0, 0.05) is 0 Å². The Labute approximate surface area is 195 Å². The molecule has 0 spiro atoms. The Hall–Kier alpha value is -1.09. The highest BCUT2D eigenvalue weighted by molar-refractivity contribution is 5.76. The fourth-order valence-electron chi connectivity index (χ4n) is 9.08. The fourth-order valence-corrected chi connectivity index (χ4v) is 9.08. The molecule has 0 saturated heterocycles. The van der Waals surface area contributed by atoms with Crippen molar-refractivity contribution in [1.82, 2.24) is 0 Å². The highest BCUT2D eigenvalue weighted by Gasteiger charge is 2.62. The number of aliphatic carboxylic acids is 1. The van der Waals surface area contributed by atoms with Crippen molar-refractivity contribution in [2.24, 2.45) is 39.9 Å². The van der Waals surface area contributed by atoms with Crippen LogP contribution >= 0.6 is 0 Å². The number of carboxylic acid groups (broad SMARTS) is 1. The van der Waals surface area contributed by atoms with Crippen LogP contribution in [0.25, 0.3) is 0 Å². The molecule has 4 aliphatic rings. The molecule has 3 heteroatoms. The van der Waals surface area contributed by atoms with E-state index in [4.69, 9.17) is 0 Å². The maximum atomic E-state index is 12.3. The quantitative estimate of drug-likeness (QED) is 0.444. The standard InChI is InChI=1S/C29H46O3/c1-18(2)8-7-9-19(3)21-11-12-22-20-10-13-24-28(5,23(20)14-16-27(21,22)4)17-15-25(30)29(24,6)26(31)32/h8,19,21-22,24-25,30H,7,9-17H2,1-6H3,(H,31,32)/t19-,21-,22+,24-,25+,27-,28-,29?/m1/s1. The van der Waals surface area contributed by atoms with Crippen molar-refractivity contribution in [3.63, 3.8) is 0 Å². The van der Waals surface area contributed by atoms with Crippen molar-refractivity contribution in [1.29, 1.82) is 0 Å². The van der Waals surface area contributed by atoms with E-state index in [-0.39, 0.29) is 11.3 Å². The van der Waals surface area contributed by atoms with E-state index in [9.17, 15) is 15.0 Å². The number of allylic oxidation sites excluding steroid dienone is 4. The van der Waals surface area contributed by atoms with Crippen molar-refractivity contribution in [2.45, 2.75) is 112 Å². The van der Waals surface area contributed by atoms with Gasteiger partial charge in [-0.2, -0.15) is 0 Å². The minimum atomic E-state index is -1.02. The van der Waals surface area contributed by atoms with Crippen LogP contribution < -0.4 is 0 Å². The van der Waals surface area contributed by atoms with Gasteiger partial charge >= 0.3 is 5.97 Å². The number of hydrogen-bond donors (Lipinski definition) is 2. The van der Waals surface area contributed by atoms with Crippen LogP contribution in [0.15, 0.2) is 22.8 Å². The largest absolute Gasteiger partial charge is 0.481 e. The SMILES string of the molecule is CC(C)=CCC[C@@H](C)[C@H]1CC[C@H]2C3=C(CC[C@]12C)[C@@]1(C)CC[C@H](O)C(C)(C(=O)O)[C@@H]1CC3. The molecule has 0 aliphatic heterocycles. The number of aliphatic hydroxyl groups is 1. The summed E-state index contributed by atoms with van der Waals surface area (Å²) < 4.78 is 0. The highest BCUT2D eigenvalue weighted by atomic mass is 16.4. The molecule has 4 rings (SSSR count). The lowest BCUT2D eigenvalue weighted by Gasteiger charge is -2.59. The average molecular weight is 443 g/mol. The molecule has 0 aromatic carbocycles. The predicted molar refractivity (Wildman–Crippen MR) is 130 cm³/mol. The topological polar surface area (TPSA) is 57.5 Å². The Kier molecular flexibility index (Phi) is 6.23. The summed E-state index contributed by atoms with van der Waals surface area (Å²) >= 11 is 0. The third-order valence-electron chi connectivity index (χ3n) is 11.0. The molecule has 0 amide bonds. The summed E-state index contributed by atoms with van der Waals surface area (Å²) in [4.78, 5) is 12.3. The van der Waals surface area contributed by atoms with Crippen molar-refractivity contribution in [2.75, 3.05) is 0 Å². The van der Waals surface area contributed by atoms with Crippen molar-refractivity contribution in [3.8, 4) is 0 Å². The minimum Gasteiger partial charge on any atom is -0.481 e. The fraction of sp³-hybridized carbons (Fsp3) is 0.828. The molecule has 0 aromatic rings. The summed E-state index contributed by atoms with van der Waals surface area (Å²) in [7, 11) is 0. The first-order valence-corrected chi connectivity index (χ1v) is 13.2. The first-order chi connectivity index (χ1) is 15.0. The second-order valence-electron chi connectivity index (χ2n) is 12.7. The number of aliphatic hydroxyl groups excluding tert-OH is 1. The number of fused-ring (bicyclic) bond motifs is 4. The predicted octanol–water partition coefficient (Wildman–Crippen LogP) is 7.15. The van der Waals surface area contributed by atoms with Gasteiger partial charge in [0.25, 0.3) is 0 Å². The molecule has 32 heavy (non-hydrogen) atoms. The third-order valence-corrected chi connectivity index (χ3v) is 11.0. The van der Waals surface area contributed by atoms with Crippen LogP contribution in [-0.4, -0.2) is 22.3 Å². The second kappa shape index (κ2) is 8.29. The van der Waals surface area contributed by atoms with Crippen molar-refractivity contribution >= 4 is 5.97 Å². The van der Waals surface area contributed by atoms with Crippen LogP contribution in [0.1, 0.15) is 106 Å². The normalized spacial score (nSPS) is 44.3. The van der Waals surface area contributed by atoms with Crippen molar-refractivity contribution in [3.05, 3.63) is 22.8 Å². The van der Waals surface area contributed by atoms with Gasteiger partial charge in [0.2, 0.25) is 0 Å². The van der Waals surface area contributed by atoms with E-state index in [1.807, 2.05) is 6.92 Å². The van der Waals surface area contributed by atoms with E-state index in [1.165, 1.54) is 37.7 Å². The molecule has 180 valence electrons. The maximum Gasteiger partial charge on any atom is 0.312 e. The van der Waals surface area contributed by atoms with Gasteiger partial charge in [-0.3, -0.25) is 4.79 Å². The van der Waals surface area contributed by atoms with Crippen molar-refractivity contribution < 1.29 is 15.0 Å². The van der Waals surface area contributed by atoms with Gasteiger partial charge in [-0.15, -0.1) is 0 Å². The lowest BCUT2D eigenvalue weighted by atomic mass is 9.45. The molecular formula is C29H46O3. The third kappa shape index (κ3) is 3.44. The molecule has 2 saturated carbocycles. The van der Waals surface area contributed by atoms with E-state index in [0.717, 1.165) is 37.5 Å². The van der Waals surface area contributed by atoms with Gasteiger partial charge in [0.1, 0.15) is 0 Å². The smallest absolute Gasteiger partial charge is 0.312 e. The van der Waals surface area contributed by atoms with Crippen LogP contribution in [0.5, 0.6) is 0 Å². The molecule has 2 N–H and O–H groups in total. The monoisotopic (exact) mass is 442 g/mol. The summed E-state index contributed by atoms with van der Waals surface area (Å²) in [6.45, 7) is 13.6. The number of rotatable bonds is 5. The Balaban J connectivity index is 1.62. The van der Waals surface area contributed by atoms with Gasteiger partial charge in [0.15, 0.2) is 0 Å². The van der Waals surface area contributed by atoms with Crippen LogP contribution in [0.4, 0.5) is 0 Å². The van der Waals surface area contributed by atoms with Gasteiger partial charge in [-0.05, 0) is 119 Å². The summed E-state index contributed by atoms with van der Waals surface area (Å²) in [5, 5.41) is 20.9. The van der Waals surface area contributed by atoms with Gasteiger partial charge in [-0.25, -0.2) is 0 Å². The molecule has 4 aliphatic carbocycles. The van der Waals surface area contributed by atoms with Crippen LogP contribution in [0.2, 0.25) is 0 Å². The second-order valence-corrected chi connectivity index (χ2v) is 12.7. The van der Waals surface area contributed by atoms with E-state index in [2.05, 4.69) is 40.7 Å².